The Hall–Kier alpha value is -0.120. The van der Waals surface area contributed by atoms with Gasteiger partial charge in [-0.2, -0.15) is 0 Å². The van der Waals surface area contributed by atoms with Gasteiger partial charge in [-0.1, -0.05) is 26.7 Å². The highest BCUT2D eigenvalue weighted by atomic mass is 16.5. The van der Waals surface area contributed by atoms with Crippen LogP contribution in [0.1, 0.15) is 58.8 Å². The van der Waals surface area contributed by atoms with Gasteiger partial charge in [-0.25, -0.2) is 0 Å². The standard InChI is InChI=1S/C18H34N2O/c1-3-17(4-2)7-10-20(11-8-17)14-18(9-12-21-15-18)13-19-16-5-6-16/h16,19H,3-15H2,1-2H3. The maximum absolute atomic E-state index is 5.77. The van der Waals surface area contributed by atoms with Crippen LogP contribution in [0.5, 0.6) is 0 Å². The van der Waals surface area contributed by atoms with Crippen LogP contribution in [0.2, 0.25) is 0 Å². The Balaban J connectivity index is 1.52. The molecule has 0 aromatic rings. The smallest absolute Gasteiger partial charge is 0.0547 e. The Bertz CT molecular complexity index is 320. The molecule has 0 amide bonds. The summed E-state index contributed by atoms with van der Waals surface area (Å²) in [7, 11) is 0. The summed E-state index contributed by atoms with van der Waals surface area (Å²) in [5.41, 5.74) is 1.03. The number of rotatable bonds is 7. The van der Waals surface area contributed by atoms with Gasteiger partial charge in [-0.3, -0.25) is 0 Å². The van der Waals surface area contributed by atoms with Gasteiger partial charge in [-0.15, -0.1) is 0 Å². The maximum Gasteiger partial charge on any atom is 0.0547 e. The van der Waals surface area contributed by atoms with E-state index in [0.717, 1.165) is 19.3 Å². The summed E-state index contributed by atoms with van der Waals surface area (Å²) < 4.78 is 5.77. The fraction of sp³-hybridized carbons (Fsp3) is 1.00. The molecule has 2 saturated heterocycles. The highest BCUT2D eigenvalue weighted by Gasteiger charge is 2.40. The zero-order valence-electron chi connectivity index (χ0n) is 14.1. The van der Waals surface area contributed by atoms with Gasteiger partial charge in [0.15, 0.2) is 0 Å². The molecule has 0 aromatic carbocycles. The summed E-state index contributed by atoms with van der Waals surface area (Å²) in [6, 6.07) is 0.816. The molecule has 1 saturated carbocycles. The molecular weight excluding hydrogens is 260 g/mol. The maximum atomic E-state index is 5.77. The van der Waals surface area contributed by atoms with Crippen molar-refractivity contribution in [1.29, 1.82) is 0 Å². The van der Waals surface area contributed by atoms with Crippen LogP contribution in [0.3, 0.4) is 0 Å². The number of hydrogen-bond acceptors (Lipinski definition) is 3. The first-order chi connectivity index (χ1) is 10.2. The second kappa shape index (κ2) is 6.55. The van der Waals surface area contributed by atoms with Crippen LogP contribution in [0.25, 0.3) is 0 Å². The van der Waals surface area contributed by atoms with Crippen molar-refractivity contribution in [2.75, 3.05) is 39.4 Å². The SMILES string of the molecule is CCC1(CC)CCN(CC2(CNC3CC3)CCOC2)CC1. The van der Waals surface area contributed by atoms with E-state index in [9.17, 15) is 0 Å². The number of hydrogen-bond donors (Lipinski definition) is 1. The molecular formula is C18H34N2O. The second-order valence-corrected chi connectivity index (χ2v) is 7.94. The van der Waals surface area contributed by atoms with E-state index in [1.165, 1.54) is 71.1 Å². The number of piperidine rings is 1. The predicted octanol–water partition coefficient (Wildman–Crippen LogP) is 3.05. The van der Waals surface area contributed by atoms with Gasteiger partial charge in [-0.05, 0) is 50.6 Å². The zero-order chi connectivity index (χ0) is 14.8. The molecule has 0 radical (unpaired) electrons. The van der Waals surface area contributed by atoms with Crippen LogP contribution >= 0.6 is 0 Å². The lowest BCUT2D eigenvalue weighted by Crippen LogP contribution is -2.49. The normalized spacial score (nSPS) is 33.4. The summed E-state index contributed by atoms with van der Waals surface area (Å²) in [6.07, 6.45) is 9.52. The van der Waals surface area contributed by atoms with Gasteiger partial charge in [0.25, 0.3) is 0 Å². The van der Waals surface area contributed by atoms with Crippen molar-refractivity contribution in [3.63, 3.8) is 0 Å². The number of ether oxygens (including phenoxy) is 1. The lowest BCUT2D eigenvalue weighted by atomic mass is 9.73. The van der Waals surface area contributed by atoms with Crippen molar-refractivity contribution in [2.45, 2.75) is 64.8 Å². The average Bonchev–Trinajstić information content (AvgIpc) is 3.26. The molecule has 1 atom stereocenters. The molecule has 1 N–H and O–H groups in total. The predicted molar refractivity (Wildman–Crippen MR) is 87.6 cm³/mol. The second-order valence-electron chi connectivity index (χ2n) is 7.94. The summed E-state index contributed by atoms with van der Waals surface area (Å²) in [6.45, 7) is 11.7. The monoisotopic (exact) mass is 294 g/mol. The van der Waals surface area contributed by atoms with Crippen molar-refractivity contribution in [3.8, 4) is 0 Å². The molecule has 3 fully saturated rings. The molecule has 0 aromatic heterocycles. The molecule has 1 unspecified atom stereocenters. The van der Waals surface area contributed by atoms with E-state index in [0.29, 0.717) is 10.8 Å². The third-order valence-corrected chi connectivity index (χ3v) is 6.50. The molecule has 3 nitrogen and oxygen atoms in total. The van der Waals surface area contributed by atoms with E-state index < -0.39 is 0 Å². The first kappa shape index (κ1) is 15.8. The van der Waals surface area contributed by atoms with E-state index in [2.05, 4.69) is 24.1 Å². The molecule has 2 aliphatic heterocycles. The van der Waals surface area contributed by atoms with E-state index in [1.807, 2.05) is 0 Å². The fourth-order valence-electron chi connectivity index (χ4n) is 4.23. The van der Waals surface area contributed by atoms with Crippen LogP contribution in [0.15, 0.2) is 0 Å². The Kier molecular flexibility index (Phi) is 4.92. The number of nitrogens with one attached hydrogen (secondary N) is 1. The molecule has 21 heavy (non-hydrogen) atoms. The topological polar surface area (TPSA) is 24.5 Å². The quantitative estimate of drug-likeness (QED) is 0.781. The van der Waals surface area contributed by atoms with Gasteiger partial charge in [0, 0.05) is 31.2 Å². The third-order valence-electron chi connectivity index (χ3n) is 6.50. The minimum atomic E-state index is 0.390. The van der Waals surface area contributed by atoms with Crippen LogP contribution in [0.4, 0.5) is 0 Å². The number of nitrogens with zero attached hydrogens (tertiary/aromatic N) is 1. The largest absolute Gasteiger partial charge is 0.381 e. The number of likely N-dealkylation sites (tertiary alicyclic amines) is 1. The Labute approximate surface area is 130 Å². The lowest BCUT2D eigenvalue weighted by Gasteiger charge is -2.44. The Morgan fingerprint density at radius 3 is 2.29 bits per heavy atom. The Morgan fingerprint density at radius 2 is 1.76 bits per heavy atom. The van der Waals surface area contributed by atoms with Gasteiger partial charge < -0.3 is 15.0 Å². The average molecular weight is 294 g/mol. The summed E-state index contributed by atoms with van der Waals surface area (Å²) >= 11 is 0. The fourth-order valence-corrected chi connectivity index (χ4v) is 4.23. The first-order valence-corrected chi connectivity index (χ1v) is 9.23. The zero-order valence-corrected chi connectivity index (χ0v) is 14.1. The molecule has 3 rings (SSSR count). The van der Waals surface area contributed by atoms with E-state index >= 15 is 0 Å². The van der Waals surface area contributed by atoms with E-state index in [1.54, 1.807) is 0 Å². The van der Waals surface area contributed by atoms with Crippen LogP contribution in [-0.2, 0) is 4.74 Å². The minimum absolute atomic E-state index is 0.390. The van der Waals surface area contributed by atoms with E-state index in [4.69, 9.17) is 4.74 Å². The summed E-state index contributed by atoms with van der Waals surface area (Å²) in [5, 5.41) is 3.76. The minimum Gasteiger partial charge on any atom is -0.381 e. The van der Waals surface area contributed by atoms with Gasteiger partial charge >= 0.3 is 0 Å². The first-order valence-electron chi connectivity index (χ1n) is 9.23. The van der Waals surface area contributed by atoms with Crippen molar-refractivity contribution in [3.05, 3.63) is 0 Å². The van der Waals surface area contributed by atoms with Crippen LogP contribution in [-0.4, -0.2) is 50.3 Å². The van der Waals surface area contributed by atoms with Crippen molar-refractivity contribution >= 4 is 0 Å². The third kappa shape index (κ3) is 3.80. The molecule has 1 aliphatic carbocycles. The summed E-state index contributed by atoms with van der Waals surface area (Å²) in [5.74, 6) is 0. The lowest BCUT2D eigenvalue weighted by molar-refractivity contribution is 0.0519. The molecule has 122 valence electrons. The molecule has 2 heterocycles. The Morgan fingerprint density at radius 1 is 1.05 bits per heavy atom. The molecule has 0 spiro atoms. The van der Waals surface area contributed by atoms with Crippen LogP contribution < -0.4 is 5.32 Å². The summed E-state index contributed by atoms with van der Waals surface area (Å²) in [4.78, 5) is 2.73. The van der Waals surface area contributed by atoms with E-state index in [-0.39, 0.29) is 0 Å². The van der Waals surface area contributed by atoms with Gasteiger partial charge in [0.05, 0.1) is 6.61 Å². The van der Waals surface area contributed by atoms with Crippen molar-refractivity contribution < 1.29 is 4.74 Å². The van der Waals surface area contributed by atoms with Crippen LogP contribution in [0, 0.1) is 10.8 Å². The molecule has 3 heteroatoms. The van der Waals surface area contributed by atoms with Gasteiger partial charge in [0.2, 0.25) is 0 Å². The van der Waals surface area contributed by atoms with Crippen molar-refractivity contribution in [1.82, 2.24) is 10.2 Å². The van der Waals surface area contributed by atoms with Crippen molar-refractivity contribution in [2.24, 2.45) is 10.8 Å². The molecule has 0 bridgehead atoms. The molecule has 3 aliphatic rings. The highest BCUT2D eigenvalue weighted by Crippen LogP contribution is 2.39. The van der Waals surface area contributed by atoms with Gasteiger partial charge in [0.1, 0.15) is 0 Å². The highest BCUT2D eigenvalue weighted by molar-refractivity contribution is 4.94.